The molecule has 2 aromatic carbocycles. The summed E-state index contributed by atoms with van der Waals surface area (Å²) >= 11 is 0. The summed E-state index contributed by atoms with van der Waals surface area (Å²) in [6, 6.07) is 17.2. The van der Waals surface area contributed by atoms with E-state index < -0.39 is 0 Å². The first kappa shape index (κ1) is 21.0. The third-order valence-electron chi connectivity index (χ3n) is 5.53. The average Bonchev–Trinajstić information content (AvgIpc) is 3.69. The molecule has 2 saturated heterocycles. The van der Waals surface area contributed by atoms with Crippen LogP contribution in [0.5, 0.6) is 0 Å². The molecule has 0 aliphatic carbocycles. The van der Waals surface area contributed by atoms with E-state index in [-0.39, 0.29) is 12.2 Å². The van der Waals surface area contributed by atoms with Gasteiger partial charge >= 0.3 is 0 Å². The minimum absolute atomic E-state index is 0.262. The van der Waals surface area contributed by atoms with Crippen molar-refractivity contribution in [2.75, 3.05) is 39.6 Å². The second kappa shape index (κ2) is 10.2. The molecule has 0 aromatic heterocycles. The van der Waals surface area contributed by atoms with Gasteiger partial charge in [0.1, 0.15) is 12.2 Å². The SMILES string of the molecule is C=Cc1ccc(Cc2ccccc2C(C)=C(COCC2CO2)COCC2CO2)cc1. The summed E-state index contributed by atoms with van der Waals surface area (Å²) in [6.45, 7) is 10.0. The molecule has 0 N–H and O–H groups in total. The van der Waals surface area contributed by atoms with Crippen LogP contribution in [-0.2, 0) is 25.4 Å². The second-order valence-electron chi connectivity index (χ2n) is 7.95. The van der Waals surface area contributed by atoms with E-state index in [4.69, 9.17) is 18.9 Å². The number of rotatable bonds is 12. The van der Waals surface area contributed by atoms with E-state index in [1.165, 1.54) is 27.8 Å². The lowest BCUT2D eigenvalue weighted by Gasteiger charge is -2.16. The summed E-state index contributed by atoms with van der Waals surface area (Å²) in [4.78, 5) is 0. The molecule has 0 amide bonds. The third kappa shape index (κ3) is 6.13. The fraction of sp³-hybridized carbons (Fsp3) is 0.385. The standard InChI is InChI=1S/C26H30O4/c1-3-20-8-10-21(11-9-20)12-22-6-4-5-7-26(22)19(2)23(13-27-15-24-17-29-24)14-28-16-25-18-30-25/h3-11,24-25H,1,12-18H2,2H3. The van der Waals surface area contributed by atoms with Crippen LogP contribution in [0, 0.1) is 0 Å². The lowest BCUT2D eigenvalue weighted by Crippen LogP contribution is -2.13. The predicted octanol–water partition coefficient (Wildman–Crippen LogP) is 4.52. The van der Waals surface area contributed by atoms with Crippen molar-refractivity contribution in [1.82, 2.24) is 0 Å². The van der Waals surface area contributed by atoms with Crippen LogP contribution in [0.15, 0.2) is 60.7 Å². The average molecular weight is 407 g/mol. The first-order valence-corrected chi connectivity index (χ1v) is 10.6. The molecule has 4 heteroatoms. The van der Waals surface area contributed by atoms with Crippen molar-refractivity contribution in [3.63, 3.8) is 0 Å². The van der Waals surface area contributed by atoms with E-state index in [0.29, 0.717) is 26.4 Å². The summed E-state index contributed by atoms with van der Waals surface area (Å²) < 4.78 is 22.4. The van der Waals surface area contributed by atoms with Gasteiger partial charge in [-0.05, 0) is 46.7 Å². The maximum Gasteiger partial charge on any atom is 0.104 e. The van der Waals surface area contributed by atoms with Crippen LogP contribution in [0.2, 0.25) is 0 Å². The number of hydrogen-bond donors (Lipinski definition) is 0. The second-order valence-corrected chi connectivity index (χ2v) is 7.95. The zero-order valence-corrected chi connectivity index (χ0v) is 17.6. The Bertz CT molecular complexity index is 856. The minimum Gasteiger partial charge on any atom is -0.374 e. The van der Waals surface area contributed by atoms with Gasteiger partial charge in [0.05, 0.1) is 39.6 Å². The van der Waals surface area contributed by atoms with Crippen molar-refractivity contribution in [1.29, 1.82) is 0 Å². The van der Waals surface area contributed by atoms with Gasteiger partial charge in [0.25, 0.3) is 0 Å². The number of benzene rings is 2. The molecule has 0 bridgehead atoms. The first-order chi connectivity index (χ1) is 14.7. The van der Waals surface area contributed by atoms with Crippen molar-refractivity contribution in [2.24, 2.45) is 0 Å². The number of ether oxygens (including phenoxy) is 4. The number of epoxide rings is 2. The first-order valence-electron chi connectivity index (χ1n) is 10.6. The normalized spacial score (nSPS) is 19.4. The van der Waals surface area contributed by atoms with Gasteiger partial charge in [-0.3, -0.25) is 0 Å². The largest absolute Gasteiger partial charge is 0.374 e. The molecule has 2 aliphatic heterocycles. The highest BCUT2D eigenvalue weighted by molar-refractivity contribution is 5.70. The molecule has 2 fully saturated rings. The minimum atomic E-state index is 0.262. The van der Waals surface area contributed by atoms with Crippen molar-refractivity contribution in [3.8, 4) is 0 Å². The van der Waals surface area contributed by atoms with Gasteiger partial charge in [-0.25, -0.2) is 0 Å². The van der Waals surface area contributed by atoms with Crippen LogP contribution in [0.1, 0.15) is 29.2 Å². The van der Waals surface area contributed by atoms with Gasteiger partial charge in [0.15, 0.2) is 0 Å². The molecule has 4 rings (SSSR count). The highest BCUT2D eigenvalue weighted by atomic mass is 16.6. The van der Waals surface area contributed by atoms with Gasteiger partial charge in [0.2, 0.25) is 0 Å². The van der Waals surface area contributed by atoms with Crippen LogP contribution in [0.25, 0.3) is 11.6 Å². The lowest BCUT2D eigenvalue weighted by molar-refractivity contribution is 0.103. The zero-order chi connectivity index (χ0) is 20.8. The molecule has 2 aromatic rings. The van der Waals surface area contributed by atoms with Crippen LogP contribution in [0.4, 0.5) is 0 Å². The van der Waals surface area contributed by atoms with Crippen LogP contribution >= 0.6 is 0 Å². The lowest BCUT2D eigenvalue weighted by atomic mass is 9.93. The van der Waals surface area contributed by atoms with Gasteiger partial charge in [-0.2, -0.15) is 0 Å². The predicted molar refractivity (Wildman–Crippen MR) is 119 cm³/mol. The number of hydrogen-bond acceptors (Lipinski definition) is 4. The smallest absolute Gasteiger partial charge is 0.104 e. The van der Waals surface area contributed by atoms with Gasteiger partial charge < -0.3 is 18.9 Å². The van der Waals surface area contributed by atoms with Crippen molar-refractivity contribution in [2.45, 2.75) is 25.6 Å². The molecule has 2 atom stereocenters. The topological polar surface area (TPSA) is 43.5 Å². The van der Waals surface area contributed by atoms with Crippen LogP contribution < -0.4 is 0 Å². The molecular formula is C26H30O4. The van der Waals surface area contributed by atoms with E-state index in [1.54, 1.807) is 0 Å². The highest BCUT2D eigenvalue weighted by Gasteiger charge is 2.24. The molecule has 158 valence electrons. The van der Waals surface area contributed by atoms with Crippen molar-refractivity contribution in [3.05, 3.63) is 82.9 Å². The molecule has 0 radical (unpaired) electrons. The quantitative estimate of drug-likeness (QED) is 0.486. The monoisotopic (exact) mass is 406 g/mol. The molecule has 2 unspecified atom stereocenters. The van der Waals surface area contributed by atoms with E-state index in [2.05, 4.69) is 62.0 Å². The summed E-state index contributed by atoms with van der Waals surface area (Å²) in [5.74, 6) is 0. The Morgan fingerprint density at radius 1 is 0.967 bits per heavy atom. The molecule has 4 nitrogen and oxygen atoms in total. The van der Waals surface area contributed by atoms with Crippen LogP contribution in [-0.4, -0.2) is 51.8 Å². The maximum absolute atomic E-state index is 5.92. The highest BCUT2D eigenvalue weighted by Crippen LogP contribution is 2.26. The molecule has 0 spiro atoms. The van der Waals surface area contributed by atoms with Gasteiger partial charge in [0, 0.05) is 0 Å². The Morgan fingerprint density at radius 3 is 2.13 bits per heavy atom. The Morgan fingerprint density at radius 2 is 1.57 bits per heavy atom. The van der Waals surface area contributed by atoms with Crippen LogP contribution in [0.3, 0.4) is 0 Å². The fourth-order valence-corrected chi connectivity index (χ4v) is 3.44. The zero-order valence-electron chi connectivity index (χ0n) is 17.6. The Balaban J connectivity index is 1.51. The van der Waals surface area contributed by atoms with Gasteiger partial charge in [-0.1, -0.05) is 61.2 Å². The van der Waals surface area contributed by atoms with Crippen molar-refractivity contribution < 1.29 is 18.9 Å². The molecule has 30 heavy (non-hydrogen) atoms. The van der Waals surface area contributed by atoms with E-state index >= 15 is 0 Å². The van der Waals surface area contributed by atoms with Crippen molar-refractivity contribution >= 4 is 11.6 Å². The van der Waals surface area contributed by atoms with E-state index in [1.807, 2.05) is 6.08 Å². The van der Waals surface area contributed by atoms with Gasteiger partial charge in [-0.15, -0.1) is 0 Å². The third-order valence-corrected chi connectivity index (χ3v) is 5.53. The van der Waals surface area contributed by atoms with E-state index in [9.17, 15) is 0 Å². The summed E-state index contributed by atoms with van der Waals surface area (Å²) in [7, 11) is 0. The Kier molecular flexibility index (Phi) is 7.13. The maximum atomic E-state index is 5.92. The van der Waals surface area contributed by atoms with E-state index in [0.717, 1.165) is 25.2 Å². The Hall–Kier alpha value is -2.24. The summed E-state index contributed by atoms with van der Waals surface area (Å²) in [6.07, 6.45) is 3.28. The Labute approximate surface area is 179 Å². The fourth-order valence-electron chi connectivity index (χ4n) is 3.44. The molecule has 2 heterocycles. The summed E-state index contributed by atoms with van der Waals surface area (Å²) in [5, 5.41) is 0. The summed E-state index contributed by atoms with van der Waals surface area (Å²) in [5.41, 5.74) is 7.37. The number of allylic oxidation sites excluding steroid dienone is 1. The molecule has 2 aliphatic rings. The molecule has 0 saturated carbocycles. The molecular weight excluding hydrogens is 376 g/mol.